The van der Waals surface area contributed by atoms with E-state index in [2.05, 4.69) is 23.5 Å². The predicted molar refractivity (Wildman–Crippen MR) is 76.9 cm³/mol. The molecular weight excluding hydrogens is 238 g/mol. The first-order valence-electron chi connectivity index (χ1n) is 7.46. The van der Waals surface area contributed by atoms with Gasteiger partial charge in [-0.05, 0) is 31.6 Å². The minimum Gasteiger partial charge on any atom is -0.396 e. The first-order valence-corrected chi connectivity index (χ1v) is 7.46. The fourth-order valence-corrected chi connectivity index (χ4v) is 3.34. The zero-order valence-corrected chi connectivity index (χ0v) is 12.3. The van der Waals surface area contributed by atoms with Crippen molar-refractivity contribution in [3.8, 4) is 0 Å². The first-order chi connectivity index (χ1) is 9.15. The molecule has 1 saturated carbocycles. The molecule has 0 amide bonds. The van der Waals surface area contributed by atoms with Crippen LogP contribution in [0.1, 0.15) is 49.8 Å². The Morgan fingerprint density at radius 3 is 2.68 bits per heavy atom. The number of nitrogens with one attached hydrogen (secondary N) is 1. The first kappa shape index (κ1) is 14.5. The van der Waals surface area contributed by atoms with Crippen molar-refractivity contribution < 1.29 is 5.11 Å². The number of aliphatic hydroxyl groups is 1. The Kier molecular flexibility index (Phi) is 4.99. The summed E-state index contributed by atoms with van der Waals surface area (Å²) >= 11 is 0. The van der Waals surface area contributed by atoms with Crippen LogP contribution in [0, 0.1) is 12.3 Å². The van der Waals surface area contributed by atoms with Crippen molar-refractivity contribution in [3.05, 3.63) is 17.5 Å². The van der Waals surface area contributed by atoms with Crippen LogP contribution in [0.25, 0.3) is 0 Å². The van der Waals surface area contributed by atoms with Crippen LogP contribution in [0.3, 0.4) is 0 Å². The maximum Gasteiger partial charge on any atom is 0.0638 e. The van der Waals surface area contributed by atoms with Gasteiger partial charge < -0.3 is 10.4 Å². The number of hydrogen-bond donors (Lipinski definition) is 2. The molecule has 1 aliphatic carbocycles. The largest absolute Gasteiger partial charge is 0.396 e. The lowest BCUT2D eigenvalue weighted by Crippen LogP contribution is -2.36. The summed E-state index contributed by atoms with van der Waals surface area (Å²) < 4.78 is 1.87. The standard InChI is InChI=1S/C15H27N3O/c1-13-14(11-18(2)17-13)10-16-12-15(8-9-19)6-4-3-5-7-15/h11,16,19H,3-10,12H2,1-2H3. The second-order valence-electron chi connectivity index (χ2n) is 6.05. The number of aryl methyl sites for hydroxylation is 2. The van der Waals surface area contributed by atoms with Gasteiger partial charge in [-0.1, -0.05) is 19.3 Å². The molecule has 4 heteroatoms. The van der Waals surface area contributed by atoms with Crippen molar-refractivity contribution in [2.75, 3.05) is 13.2 Å². The Bertz CT molecular complexity index is 389. The SMILES string of the molecule is Cc1nn(C)cc1CNCC1(CCO)CCCCC1. The molecule has 1 heterocycles. The van der Waals surface area contributed by atoms with Crippen molar-refractivity contribution >= 4 is 0 Å². The zero-order valence-electron chi connectivity index (χ0n) is 12.3. The monoisotopic (exact) mass is 265 g/mol. The van der Waals surface area contributed by atoms with E-state index in [4.69, 9.17) is 0 Å². The van der Waals surface area contributed by atoms with E-state index in [0.717, 1.165) is 25.2 Å². The lowest BCUT2D eigenvalue weighted by molar-refractivity contribution is 0.126. The average molecular weight is 265 g/mol. The minimum absolute atomic E-state index is 0.313. The van der Waals surface area contributed by atoms with Crippen LogP contribution < -0.4 is 5.32 Å². The van der Waals surface area contributed by atoms with Crippen LogP contribution in [-0.4, -0.2) is 28.0 Å². The summed E-state index contributed by atoms with van der Waals surface area (Å²) in [5.41, 5.74) is 2.70. The summed E-state index contributed by atoms with van der Waals surface area (Å²) in [6.07, 6.45) is 9.52. The van der Waals surface area contributed by atoms with E-state index in [0.29, 0.717) is 12.0 Å². The third-order valence-electron chi connectivity index (χ3n) is 4.49. The zero-order chi connectivity index (χ0) is 13.7. The van der Waals surface area contributed by atoms with Gasteiger partial charge in [-0.25, -0.2) is 0 Å². The molecule has 1 aromatic heterocycles. The minimum atomic E-state index is 0.313. The van der Waals surface area contributed by atoms with Crippen LogP contribution in [0.4, 0.5) is 0 Å². The molecule has 0 radical (unpaired) electrons. The van der Waals surface area contributed by atoms with E-state index in [1.165, 1.54) is 37.7 Å². The molecule has 2 N–H and O–H groups in total. The van der Waals surface area contributed by atoms with Gasteiger partial charge in [0.05, 0.1) is 5.69 Å². The molecule has 1 aromatic rings. The summed E-state index contributed by atoms with van der Waals surface area (Å²) in [7, 11) is 1.96. The van der Waals surface area contributed by atoms with E-state index in [9.17, 15) is 5.11 Å². The van der Waals surface area contributed by atoms with Gasteiger partial charge in [0.15, 0.2) is 0 Å². The maximum atomic E-state index is 9.31. The third-order valence-corrected chi connectivity index (χ3v) is 4.49. The molecule has 0 atom stereocenters. The molecule has 0 saturated heterocycles. The molecule has 1 fully saturated rings. The normalized spacial score (nSPS) is 18.7. The Morgan fingerprint density at radius 2 is 2.11 bits per heavy atom. The molecule has 4 nitrogen and oxygen atoms in total. The van der Waals surface area contributed by atoms with Gasteiger partial charge in [-0.2, -0.15) is 5.10 Å². The number of aliphatic hydroxyl groups excluding tert-OH is 1. The second kappa shape index (κ2) is 6.53. The van der Waals surface area contributed by atoms with Gasteiger partial charge in [-0.3, -0.25) is 4.68 Å². The second-order valence-corrected chi connectivity index (χ2v) is 6.05. The van der Waals surface area contributed by atoms with Crippen LogP contribution in [0.15, 0.2) is 6.20 Å². The van der Waals surface area contributed by atoms with Crippen molar-refractivity contribution in [1.82, 2.24) is 15.1 Å². The third kappa shape index (κ3) is 3.80. The molecule has 0 bridgehead atoms. The Labute approximate surface area is 116 Å². The quantitative estimate of drug-likeness (QED) is 0.828. The predicted octanol–water partition coefficient (Wildman–Crippen LogP) is 2.15. The topological polar surface area (TPSA) is 50.1 Å². The number of aromatic nitrogens is 2. The van der Waals surface area contributed by atoms with Crippen molar-refractivity contribution in [1.29, 1.82) is 0 Å². The summed E-state index contributed by atoms with van der Waals surface area (Å²) in [5.74, 6) is 0. The fourth-order valence-electron chi connectivity index (χ4n) is 3.34. The van der Waals surface area contributed by atoms with E-state index >= 15 is 0 Å². The van der Waals surface area contributed by atoms with Crippen LogP contribution in [0.5, 0.6) is 0 Å². The van der Waals surface area contributed by atoms with E-state index in [-0.39, 0.29) is 0 Å². The van der Waals surface area contributed by atoms with Crippen LogP contribution in [-0.2, 0) is 13.6 Å². The van der Waals surface area contributed by atoms with Crippen molar-refractivity contribution in [3.63, 3.8) is 0 Å². The van der Waals surface area contributed by atoms with Gasteiger partial charge in [0.1, 0.15) is 0 Å². The highest BCUT2D eigenvalue weighted by Gasteiger charge is 2.30. The summed E-state index contributed by atoms with van der Waals surface area (Å²) in [6, 6.07) is 0. The number of nitrogens with zero attached hydrogens (tertiary/aromatic N) is 2. The smallest absolute Gasteiger partial charge is 0.0638 e. The van der Waals surface area contributed by atoms with Gasteiger partial charge in [0.25, 0.3) is 0 Å². The van der Waals surface area contributed by atoms with Gasteiger partial charge in [0.2, 0.25) is 0 Å². The van der Waals surface area contributed by atoms with Crippen molar-refractivity contribution in [2.24, 2.45) is 12.5 Å². The van der Waals surface area contributed by atoms with Crippen molar-refractivity contribution in [2.45, 2.75) is 52.0 Å². The lowest BCUT2D eigenvalue weighted by Gasteiger charge is -2.37. The molecule has 2 rings (SSSR count). The molecule has 1 aliphatic rings. The molecule has 0 spiro atoms. The van der Waals surface area contributed by atoms with E-state index in [1.807, 2.05) is 11.7 Å². The van der Waals surface area contributed by atoms with E-state index in [1.54, 1.807) is 0 Å². The summed E-state index contributed by atoms with van der Waals surface area (Å²) in [5, 5.41) is 17.3. The van der Waals surface area contributed by atoms with Gasteiger partial charge in [-0.15, -0.1) is 0 Å². The number of rotatable bonds is 6. The average Bonchev–Trinajstić information content (AvgIpc) is 2.69. The summed E-state index contributed by atoms with van der Waals surface area (Å²) in [6.45, 7) is 4.27. The highest BCUT2D eigenvalue weighted by Crippen LogP contribution is 2.38. The summed E-state index contributed by atoms with van der Waals surface area (Å²) in [4.78, 5) is 0. The Balaban J connectivity index is 1.87. The molecule has 108 valence electrons. The van der Waals surface area contributed by atoms with Gasteiger partial charge >= 0.3 is 0 Å². The molecule has 0 aliphatic heterocycles. The highest BCUT2D eigenvalue weighted by molar-refractivity contribution is 5.14. The molecular formula is C15H27N3O. The molecule has 0 unspecified atom stereocenters. The maximum absolute atomic E-state index is 9.31. The van der Waals surface area contributed by atoms with Gasteiger partial charge in [0, 0.05) is 38.5 Å². The number of hydrogen-bond acceptors (Lipinski definition) is 3. The van der Waals surface area contributed by atoms with Crippen LogP contribution >= 0.6 is 0 Å². The highest BCUT2D eigenvalue weighted by atomic mass is 16.3. The van der Waals surface area contributed by atoms with Crippen LogP contribution in [0.2, 0.25) is 0 Å². The lowest BCUT2D eigenvalue weighted by atomic mass is 9.72. The molecule has 19 heavy (non-hydrogen) atoms. The Morgan fingerprint density at radius 1 is 1.37 bits per heavy atom. The Hall–Kier alpha value is -0.870. The fraction of sp³-hybridized carbons (Fsp3) is 0.800. The molecule has 0 aromatic carbocycles. The van der Waals surface area contributed by atoms with E-state index < -0.39 is 0 Å².